The molecule has 0 amide bonds. The first-order valence-corrected chi connectivity index (χ1v) is 7.79. The van der Waals surface area contributed by atoms with Crippen LogP contribution in [0.1, 0.15) is 28.8 Å². The van der Waals surface area contributed by atoms with Gasteiger partial charge in [-0.05, 0) is 44.0 Å². The maximum atomic E-state index is 12.2. The van der Waals surface area contributed by atoms with Crippen LogP contribution in [0, 0.1) is 6.92 Å². The molecule has 0 bridgehead atoms. The van der Waals surface area contributed by atoms with Gasteiger partial charge in [0.1, 0.15) is 0 Å². The molecule has 6 nitrogen and oxygen atoms in total. The van der Waals surface area contributed by atoms with E-state index in [4.69, 9.17) is 5.73 Å². The van der Waals surface area contributed by atoms with E-state index in [9.17, 15) is 13.2 Å². The second-order valence-corrected chi connectivity index (χ2v) is 6.10. The minimum Gasteiger partial charge on any atom is -0.465 e. The van der Waals surface area contributed by atoms with Crippen LogP contribution in [0.2, 0.25) is 0 Å². The average molecular weight is 337 g/mol. The zero-order valence-electron chi connectivity index (χ0n) is 12.1. The molecule has 3 N–H and O–H groups in total. The summed E-state index contributed by atoms with van der Waals surface area (Å²) in [5.41, 5.74) is 6.14. The molecule has 1 aromatic carbocycles. The van der Waals surface area contributed by atoms with Gasteiger partial charge in [-0.2, -0.15) is 0 Å². The van der Waals surface area contributed by atoms with Crippen LogP contribution in [0.25, 0.3) is 0 Å². The lowest BCUT2D eigenvalue weighted by atomic mass is 10.1. The third kappa shape index (κ3) is 5.62. The highest BCUT2D eigenvalue weighted by Gasteiger charge is 2.18. The Kier molecular flexibility index (Phi) is 8.50. The average Bonchev–Trinajstić information content (AvgIpc) is 2.43. The van der Waals surface area contributed by atoms with E-state index < -0.39 is 16.0 Å². The van der Waals surface area contributed by atoms with Crippen molar-refractivity contribution >= 4 is 28.4 Å². The van der Waals surface area contributed by atoms with Crippen LogP contribution in [-0.2, 0) is 14.8 Å². The number of aryl methyl sites for hydroxylation is 1. The number of nitrogens with one attached hydrogen (secondary N) is 1. The first-order chi connectivity index (χ1) is 9.42. The molecular formula is C13H21ClN2O4S. The summed E-state index contributed by atoms with van der Waals surface area (Å²) in [7, 11) is -2.38. The molecule has 0 aromatic heterocycles. The number of sulfonamides is 1. The van der Waals surface area contributed by atoms with Crippen LogP contribution in [0.4, 0.5) is 0 Å². The maximum Gasteiger partial charge on any atom is 0.337 e. The second kappa shape index (κ2) is 8.99. The van der Waals surface area contributed by atoms with Crippen LogP contribution in [0.15, 0.2) is 23.1 Å². The molecule has 0 aliphatic heterocycles. The molecule has 1 aromatic rings. The zero-order valence-corrected chi connectivity index (χ0v) is 13.7. The van der Waals surface area contributed by atoms with Gasteiger partial charge in [-0.3, -0.25) is 0 Å². The molecule has 0 saturated carbocycles. The van der Waals surface area contributed by atoms with E-state index in [1.807, 2.05) is 0 Å². The number of hydrogen-bond acceptors (Lipinski definition) is 5. The Labute approximate surface area is 131 Å². The summed E-state index contributed by atoms with van der Waals surface area (Å²) in [4.78, 5) is 11.5. The highest BCUT2D eigenvalue weighted by atomic mass is 35.5. The van der Waals surface area contributed by atoms with E-state index in [2.05, 4.69) is 9.46 Å². The first kappa shape index (κ1) is 19.9. The fraction of sp³-hybridized carbons (Fsp3) is 0.462. The molecule has 0 spiro atoms. The molecule has 0 atom stereocenters. The molecule has 21 heavy (non-hydrogen) atoms. The number of hydrogen-bond donors (Lipinski definition) is 2. The van der Waals surface area contributed by atoms with Crippen molar-refractivity contribution in [2.45, 2.75) is 24.7 Å². The molecule has 1 rings (SSSR count). The monoisotopic (exact) mass is 336 g/mol. The van der Waals surface area contributed by atoms with Gasteiger partial charge in [0.15, 0.2) is 0 Å². The third-order valence-electron chi connectivity index (χ3n) is 2.82. The summed E-state index contributed by atoms with van der Waals surface area (Å²) in [6.45, 7) is 2.52. The van der Waals surface area contributed by atoms with Crippen molar-refractivity contribution in [3.05, 3.63) is 29.3 Å². The lowest BCUT2D eigenvalue weighted by molar-refractivity contribution is 0.0600. The quantitative estimate of drug-likeness (QED) is 0.576. The van der Waals surface area contributed by atoms with E-state index in [-0.39, 0.29) is 22.9 Å². The largest absolute Gasteiger partial charge is 0.465 e. The Balaban J connectivity index is 0.00000400. The fourth-order valence-electron chi connectivity index (χ4n) is 1.69. The van der Waals surface area contributed by atoms with Crippen LogP contribution in [0.3, 0.4) is 0 Å². The van der Waals surface area contributed by atoms with E-state index in [1.54, 1.807) is 13.0 Å². The van der Waals surface area contributed by atoms with Gasteiger partial charge >= 0.3 is 5.97 Å². The molecule has 0 unspecified atom stereocenters. The number of ether oxygens (including phenoxy) is 1. The number of halogens is 1. The molecule has 0 radical (unpaired) electrons. The number of rotatable bonds is 7. The van der Waals surface area contributed by atoms with Crippen molar-refractivity contribution in [2.75, 3.05) is 20.2 Å². The van der Waals surface area contributed by atoms with Gasteiger partial charge in [0.25, 0.3) is 0 Å². The van der Waals surface area contributed by atoms with Crippen LogP contribution < -0.4 is 10.5 Å². The van der Waals surface area contributed by atoms with Crippen LogP contribution in [0.5, 0.6) is 0 Å². The SMILES string of the molecule is COC(=O)c1ccc(C)c(S(=O)(=O)NCCCCN)c1.Cl. The van der Waals surface area contributed by atoms with E-state index >= 15 is 0 Å². The second-order valence-electron chi connectivity index (χ2n) is 4.37. The smallest absolute Gasteiger partial charge is 0.337 e. The van der Waals surface area contributed by atoms with Crippen molar-refractivity contribution in [1.29, 1.82) is 0 Å². The van der Waals surface area contributed by atoms with Gasteiger partial charge in [-0.25, -0.2) is 17.9 Å². The van der Waals surface area contributed by atoms with Gasteiger partial charge in [-0.1, -0.05) is 6.07 Å². The highest BCUT2D eigenvalue weighted by molar-refractivity contribution is 7.89. The minimum atomic E-state index is -3.63. The predicted octanol–water partition coefficient (Wildman–Crippen LogP) is 1.22. The summed E-state index contributed by atoms with van der Waals surface area (Å²) < 4.78 is 31.5. The van der Waals surface area contributed by atoms with E-state index in [0.717, 1.165) is 6.42 Å². The van der Waals surface area contributed by atoms with Gasteiger partial charge in [0.05, 0.1) is 17.6 Å². The summed E-state index contributed by atoms with van der Waals surface area (Å²) >= 11 is 0. The Morgan fingerprint density at radius 3 is 2.57 bits per heavy atom. The molecule has 0 fully saturated rings. The molecule has 0 aliphatic carbocycles. The lowest BCUT2D eigenvalue weighted by Crippen LogP contribution is -2.26. The molecule has 0 aliphatic rings. The Morgan fingerprint density at radius 2 is 2.00 bits per heavy atom. The standard InChI is InChI=1S/C13H20N2O4S.ClH/c1-10-5-6-11(13(16)19-2)9-12(10)20(17,18)15-8-4-3-7-14;/h5-6,9,15H,3-4,7-8,14H2,1-2H3;1H. The van der Waals surface area contributed by atoms with Crippen molar-refractivity contribution in [1.82, 2.24) is 4.72 Å². The number of carbonyl (C=O) groups excluding carboxylic acids is 1. The number of nitrogens with two attached hydrogens (primary N) is 1. The van der Waals surface area contributed by atoms with E-state index in [1.165, 1.54) is 19.2 Å². The number of carbonyl (C=O) groups is 1. The topological polar surface area (TPSA) is 98.5 Å². The molecule has 0 saturated heterocycles. The maximum absolute atomic E-state index is 12.2. The lowest BCUT2D eigenvalue weighted by Gasteiger charge is -2.10. The number of benzene rings is 1. The Morgan fingerprint density at radius 1 is 1.33 bits per heavy atom. The van der Waals surface area contributed by atoms with Gasteiger partial charge in [0.2, 0.25) is 10.0 Å². The highest BCUT2D eigenvalue weighted by Crippen LogP contribution is 2.17. The molecule has 120 valence electrons. The normalized spacial score (nSPS) is 10.8. The summed E-state index contributed by atoms with van der Waals surface area (Å²) in [5.74, 6) is -0.565. The number of unbranched alkanes of at least 4 members (excludes halogenated alkanes) is 1. The third-order valence-corrected chi connectivity index (χ3v) is 4.42. The number of methoxy groups -OCH3 is 1. The summed E-state index contributed by atoms with van der Waals surface area (Å²) in [5, 5.41) is 0. The van der Waals surface area contributed by atoms with Crippen molar-refractivity contribution in [3.63, 3.8) is 0 Å². The molecule has 8 heteroatoms. The van der Waals surface area contributed by atoms with Crippen molar-refractivity contribution in [3.8, 4) is 0 Å². The van der Waals surface area contributed by atoms with E-state index in [0.29, 0.717) is 25.1 Å². The van der Waals surface area contributed by atoms with Crippen molar-refractivity contribution in [2.24, 2.45) is 5.73 Å². The Bertz CT molecular complexity index is 576. The van der Waals surface area contributed by atoms with Crippen LogP contribution in [-0.4, -0.2) is 34.6 Å². The van der Waals surface area contributed by atoms with Gasteiger partial charge in [-0.15, -0.1) is 12.4 Å². The zero-order chi connectivity index (χ0) is 15.2. The number of esters is 1. The summed E-state index contributed by atoms with van der Waals surface area (Å²) in [6, 6.07) is 4.45. The van der Waals surface area contributed by atoms with Crippen molar-refractivity contribution < 1.29 is 17.9 Å². The summed E-state index contributed by atoms with van der Waals surface area (Å²) in [6.07, 6.45) is 1.43. The fourth-order valence-corrected chi connectivity index (χ4v) is 3.03. The molecular weight excluding hydrogens is 316 g/mol. The van der Waals surface area contributed by atoms with Crippen LogP contribution >= 0.6 is 12.4 Å². The molecule has 0 heterocycles. The Hall–Kier alpha value is -1.15. The first-order valence-electron chi connectivity index (χ1n) is 6.31. The van der Waals surface area contributed by atoms with Gasteiger partial charge < -0.3 is 10.5 Å². The predicted molar refractivity (Wildman–Crippen MR) is 83.2 cm³/mol. The minimum absolute atomic E-state index is 0. The van der Waals surface area contributed by atoms with Gasteiger partial charge in [0, 0.05) is 6.54 Å².